The van der Waals surface area contributed by atoms with E-state index in [2.05, 4.69) is 20.5 Å². The van der Waals surface area contributed by atoms with Gasteiger partial charge in [-0.15, -0.1) is 0 Å². The number of phenolic OH excluding ortho intramolecular Hbond substituents is 2. The summed E-state index contributed by atoms with van der Waals surface area (Å²) in [7, 11) is 0. The molecule has 0 saturated carbocycles. The largest absolute Gasteiger partial charge is 0.508 e. The Balaban J connectivity index is 1.50. The van der Waals surface area contributed by atoms with Crippen LogP contribution in [-0.2, 0) is 0 Å². The fraction of sp³-hybridized carbons (Fsp3) is 0. The maximum Gasteiger partial charge on any atom is 0.200 e. The number of nitrogens with zero attached hydrogens (tertiary/aromatic N) is 4. The molecular weight excluding hydrogens is 420 g/mol. The third-order valence-electron chi connectivity index (χ3n) is 4.90. The van der Waals surface area contributed by atoms with Crippen LogP contribution in [0.1, 0.15) is 0 Å². The zero-order chi connectivity index (χ0) is 22.8. The molecule has 1 heterocycles. The van der Waals surface area contributed by atoms with Crippen molar-refractivity contribution in [2.45, 2.75) is 0 Å². The van der Waals surface area contributed by atoms with Crippen molar-refractivity contribution in [3.05, 3.63) is 95.2 Å². The van der Waals surface area contributed by atoms with Gasteiger partial charge in [-0.1, -0.05) is 0 Å². The number of hydrogen-bond acceptors (Lipinski definition) is 8. The maximum absolute atomic E-state index is 13.2. The van der Waals surface area contributed by atoms with Crippen molar-refractivity contribution in [3.8, 4) is 11.5 Å². The third-order valence-corrected chi connectivity index (χ3v) is 4.90. The highest BCUT2D eigenvalue weighted by molar-refractivity contribution is 5.92. The van der Waals surface area contributed by atoms with Crippen molar-refractivity contribution in [1.82, 2.24) is 0 Å². The van der Waals surface area contributed by atoms with Crippen molar-refractivity contribution in [3.63, 3.8) is 0 Å². The standard InChI is InChI=1S/C25H16N4O4/c30-19-7-1-15(2-8-19)26-28-17-5-11-23-21(13-17)25(32)22-14-18(6-12-24(22)33-23)29-27-16-3-9-20(31)10-4-16/h1-14,30-31H. The van der Waals surface area contributed by atoms with Gasteiger partial charge in [0.15, 0.2) is 0 Å². The maximum atomic E-state index is 13.2. The van der Waals surface area contributed by atoms with Crippen molar-refractivity contribution in [1.29, 1.82) is 0 Å². The van der Waals surface area contributed by atoms with Gasteiger partial charge < -0.3 is 14.6 Å². The van der Waals surface area contributed by atoms with Crippen LogP contribution in [-0.4, -0.2) is 10.2 Å². The second-order valence-corrected chi connectivity index (χ2v) is 7.22. The third kappa shape index (κ3) is 4.31. The van der Waals surface area contributed by atoms with Crippen LogP contribution in [0.3, 0.4) is 0 Å². The minimum atomic E-state index is -0.213. The molecule has 0 saturated heterocycles. The lowest BCUT2D eigenvalue weighted by atomic mass is 10.1. The zero-order valence-corrected chi connectivity index (χ0v) is 17.1. The van der Waals surface area contributed by atoms with Gasteiger partial charge in [0.2, 0.25) is 5.43 Å². The molecule has 160 valence electrons. The van der Waals surface area contributed by atoms with Crippen LogP contribution in [0.15, 0.2) is 115 Å². The van der Waals surface area contributed by atoms with Gasteiger partial charge in [0.25, 0.3) is 0 Å². The number of azo groups is 2. The number of fused-ring (bicyclic) bond motifs is 2. The molecule has 0 fully saturated rings. The number of hydrogen-bond donors (Lipinski definition) is 2. The molecule has 1 aromatic heterocycles. The van der Waals surface area contributed by atoms with Gasteiger partial charge in [-0.05, 0) is 84.9 Å². The van der Waals surface area contributed by atoms with E-state index in [4.69, 9.17) is 4.42 Å². The first-order valence-electron chi connectivity index (χ1n) is 9.97. The number of benzene rings is 4. The molecular formula is C25H16N4O4. The molecule has 0 aliphatic heterocycles. The summed E-state index contributed by atoms with van der Waals surface area (Å²) < 4.78 is 5.89. The molecule has 5 aromatic rings. The van der Waals surface area contributed by atoms with Gasteiger partial charge in [0.05, 0.1) is 33.5 Å². The molecule has 0 spiro atoms. The topological polar surface area (TPSA) is 120 Å². The molecule has 33 heavy (non-hydrogen) atoms. The van der Waals surface area contributed by atoms with Crippen LogP contribution in [0.2, 0.25) is 0 Å². The van der Waals surface area contributed by atoms with Gasteiger partial charge in [-0.2, -0.15) is 20.5 Å². The van der Waals surface area contributed by atoms with E-state index in [0.717, 1.165) is 0 Å². The Morgan fingerprint density at radius 2 is 0.879 bits per heavy atom. The summed E-state index contributed by atoms with van der Waals surface area (Å²) in [5.74, 6) is 0.289. The Hall–Kier alpha value is -4.85. The lowest BCUT2D eigenvalue weighted by Crippen LogP contribution is -2.01. The highest BCUT2D eigenvalue weighted by atomic mass is 16.3. The Bertz CT molecular complexity index is 1470. The highest BCUT2D eigenvalue weighted by Crippen LogP contribution is 2.28. The van der Waals surface area contributed by atoms with Crippen molar-refractivity contribution in [2.24, 2.45) is 20.5 Å². The van der Waals surface area contributed by atoms with Crippen LogP contribution in [0.25, 0.3) is 21.9 Å². The van der Waals surface area contributed by atoms with E-state index in [1.54, 1.807) is 60.7 Å². The summed E-state index contributed by atoms with van der Waals surface area (Å²) >= 11 is 0. The smallest absolute Gasteiger partial charge is 0.200 e. The molecule has 0 unspecified atom stereocenters. The molecule has 4 aromatic carbocycles. The fourth-order valence-corrected chi connectivity index (χ4v) is 3.23. The summed E-state index contributed by atoms with van der Waals surface area (Å²) in [6.45, 7) is 0. The second kappa shape index (κ2) is 8.35. The van der Waals surface area contributed by atoms with Crippen molar-refractivity contribution in [2.75, 3.05) is 0 Å². The average molecular weight is 436 g/mol. The number of aromatic hydroxyl groups is 2. The second-order valence-electron chi connectivity index (χ2n) is 7.22. The first kappa shape index (κ1) is 20.1. The van der Waals surface area contributed by atoms with E-state index < -0.39 is 0 Å². The first-order chi connectivity index (χ1) is 16.0. The van der Waals surface area contributed by atoms with Crippen LogP contribution in [0.4, 0.5) is 22.7 Å². The van der Waals surface area contributed by atoms with E-state index in [1.807, 2.05) is 0 Å². The Kier molecular flexibility index (Phi) is 5.08. The van der Waals surface area contributed by atoms with Crippen LogP contribution >= 0.6 is 0 Å². The predicted octanol–water partition coefficient (Wildman–Crippen LogP) is 7.19. The van der Waals surface area contributed by atoms with E-state index in [1.165, 1.54) is 24.3 Å². The normalized spacial score (nSPS) is 11.8. The highest BCUT2D eigenvalue weighted by Gasteiger charge is 2.09. The minimum absolute atomic E-state index is 0.145. The molecule has 0 amide bonds. The first-order valence-corrected chi connectivity index (χ1v) is 9.97. The Labute approximate surface area is 186 Å². The van der Waals surface area contributed by atoms with Crippen molar-refractivity contribution >= 4 is 44.7 Å². The zero-order valence-electron chi connectivity index (χ0n) is 17.1. The molecule has 0 radical (unpaired) electrons. The van der Waals surface area contributed by atoms with E-state index in [-0.39, 0.29) is 16.9 Å². The molecule has 0 aliphatic carbocycles. The molecule has 8 nitrogen and oxygen atoms in total. The summed E-state index contributed by atoms with van der Waals surface area (Å²) in [6, 6.07) is 22.6. The van der Waals surface area contributed by atoms with Gasteiger partial charge in [-0.25, -0.2) is 0 Å². The lowest BCUT2D eigenvalue weighted by molar-refractivity contribution is 0.475. The Morgan fingerprint density at radius 3 is 1.30 bits per heavy atom. The van der Waals surface area contributed by atoms with E-state index in [0.29, 0.717) is 44.7 Å². The number of phenols is 2. The lowest BCUT2D eigenvalue weighted by Gasteiger charge is -2.03. The van der Waals surface area contributed by atoms with Crippen LogP contribution in [0, 0.1) is 0 Å². The minimum Gasteiger partial charge on any atom is -0.508 e. The summed E-state index contributed by atoms with van der Waals surface area (Å²) in [6.07, 6.45) is 0. The van der Waals surface area contributed by atoms with E-state index >= 15 is 0 Å². The average Bonchev–Trinajstić information content (AvgIpc) is 2.84. The molecule has 0 atom stereocenters. The van der Waals surface area contributed by atoms with Crippen LogP contribution < -0.4 is 5.43 Å². The monoisotopic (exact) mass is 436 g/mol. The van der Waals surface area contributed by atoms with Gasteiger partial charge in [-0.3, -0.25) is 4.79 Å². The van der Waals surface area contributed by atoms with Gasteiger partial charge >= 0.3 is 0 Å². The molecule has 8 heteroatoms. The van der Waals surface area contributed by atoms with Gasteiger partial charge in [0, 0.05) is 0 Å². The van der Waals surface area contributed by atoms with Crippen LogP contribution in [0.5, 0.6) is 11.5 Å². The predicted molar refractivity (Wildman–Crippen MR) is 125 cm³/mol. The number of rotatable bonds is 4. The van der Waals surface area contributed by atoms with E-state index in [9.17, 15) is 15.0 Å². The molecule has 0 bridgehead atoms. The molecule has 5 rings (SSSR count). The summed E-state index contributed by atoms with van der Waals surface area (Å²) in [4.78, 5) is 13.2. The molecule has 2 N–H and O–H groups in total. The summed E-state index contributed by atoms with van der Waals surface area (Å²) in [5, 5.41) is 36.1. The fourth-order valence-electron chi connectivity index (χ4n) is 3.23. The molecule has 0 aliphatic rings. The SMILES string of the molecule is O=c1c2cc(N=Nc3ccc(O)cc3)ccc2oc2ccc(N=Nc3ccc(O)cc3)cc12. The quantitative estimate of drug-likeness (QED) is 0.229. The van der Waals surface area contributed by atoms with Crippen molar-refractivity contribution < 1.29 is 14.6 Å². The Morgan fingerprint density at radius 1 is 0.515 bits per heavy atom. The summed E-state index contributed by atoms with van der Waals surface area (Å²) in [5.41, 5.74) is 2.79. The van der Waals surface area contributed by atoms with Gasteiger partial charge in [0.1, 0.15) is 22.7 Å².